The fourth-order valence-corrected chi connectivity index (χ4v) is 3.72. The summed E-state index contributed by atoms with van der Waals surface area (Å²) in [4.78, 5) is 19.1. The summed E-state index contributed by atoms with van der Waals surface area (Å²) in [6, 6.07) is 8.24. The van der Waals surface area contributed by atoms with Crippen LogP contribution < -0.4 is 10.1 Å². The fraction of sp³-hybridized carbons (Fsp3) is 0.444. The summed E-state index contributed by atoms with van der Waals surface area (Å²) in [6.07, 6.45) is 2.35. The molecule has 6 heteroatoms. The van der Waals surface area contributed by atoms with Gasteiger partial charge in [0.15, 0.2) is 0 Å². The van der Waals surface area contributed by atoms with Gasteiger partial charge in [-0.3, -0.25) is 4.79 Å². The molecule has 1 saturated heterocycles. The van der Waals surface area contributed by atoms with Crippen molar-refractivity contribution in [3.8, 4) is 16.3 Å². The molecule has 1 aromatic carbocycles. The van der Waals surface area contributed by atoms with Crippen LogP contribution in [0.15, 0.2) is 29.6 Å². The minimum Gasteiger partial charge on any atom is -0.494 e. The highest BCUT2D eigenvalue weighted by Crippen LogP contribution is 2.25. The van der Waals surface area contributed by atoms with Crippen molar-refractivity contribution in [2.24, 2.45) is 0 Å². The van der Waals surface area contributed by atoms with E-state index in [9.17, 15) is 4.79 Å². The number of rotatable bonds is 6. The van der Waals surface area contributed by atoms with Crippen molar-refractivity contribution < 1.29 is 9.53 Å². The number of aromatic nitrogens is 1. The molecular weight excluding hydrogens is 322 g/mol. The van der Waals surface area contributed by atoms with Gasteiger partial charge in [-0.15, -0.1) is 11.3 Å². The van der Waals surface area contributed by atoms with Crippen LogP contribution in [0.1, 0.15) is 30.3 Å². The molecule has 1 aliphatic heterocycles. The number of carbonyl (C=O) groups excluding carboxylic acids is 1. The van der Waals surface area contributed by atoms with Crippen LogP contribution in [-0.4, -0.2) is 48.6 Å². The Kier molecular flexibility index (Phi) is 5.48. The molecule has 0 aliphatic carbocycles. The lowest BCUT2D eigenvalue weighted by molar-refractivity contribution is 0.0939. The van der Waals surface area contributed by atoms with Crippen molar-refractivity contribution in [2.75, 3.05) is 26.7 Å². The molecule has 1 aliphatic rings. The van der Waals surface area contributed by atoms with Crippen molar-refractivity contribution in [1.82, 2.24) is 15.2 Å². The first kappa shape index (κ1) is 16.9. The predicted molar refractivity (Wildman–Crippen MR) is 96.7 cm³/mol. The molecule has 1 fully saturated rings. The van der Waals surface area contributed by atoms with Gasteiger partial charge in [0, 0.05) is 23.5 Å². The van der Waals surface area contributed by atoms with Gasteiger partial charge in [0.25, 0.3) is 5.91 Å². The molecule has 24 heavy (non-hydrogen) atoms. The average molecular weight is 345 g/mol. The summed E-state index contributed by atoms with van der Waals surface area (Å²) in [5.74, 6) is 0.750. The van der Waals surface area contributed by atoms with Gasteiger partial charge in [-0.25, -0.2) is 4.98 Å². The summed E-state index contributed by atoms with van der Waals surface area (Å²) in [5.41, 5.74) is 1.49. The van der Waals surface area contributed by atoms with Gasteiger partial charge < -0.3 is 15.0 Å². The highest BCUT2D eigenvalue weighted by molar-refractivity contribution is 7.13. The Morgan fingerprint density at radius 2 is 2.21 bits per heavy atom. The number of thiazole rings is 1. The number of benzene rings is 1. The minimum absolute atomic E-state index is 0.0938. The maximum atomic E-state index is 12.3. The molecule has 0 saturated carbocycles. The van der Waals surface area contributed by atoms with E-state index in [2.05, 4.69) is 22.2 Å². The van der Waals surface area contributed by atoms with Crippen molar-refractivity contribution in [3.05, 3.63) is 35.3 Å². The van der Waals surface area contributed by atoms with E-state index in [1.165, 1.54) is 17.8 Å². The Bertz CT molecular complexity index is 684. The van der Waals surface area contributed by atoms with E-state index >= 15 is 0 Å². The van der Waals surface area contributed by atoms with E-state index in [0.717, 1.165) is 29.3 Å². The second-order valence-electron chi connectivity index (χ2n) is 5.98. The predicted octanol–water partition coefficient (Wildman–Crippen LogP) is 3.03. The van der Waals surface area contributed by atoms with E-state index in [1.54, 1.807) is 0 Å². The molecular formula is C18H23N3O2S. The Hall–Kier alpha value is -1.92. The van der Waals surface area contributed by atoms with Crippen LogP contribution in [0.2, 0.25) is 0 Å². The van der Waals surface area contributed by atoms with E-state index in [0.29, 0.717) is 24.9 Å². The van der Waals surface area contributed by atoms with Gasteiger partial charge in [0.2, 0.25) is 0 Å². The second-order valence-corrected chi connectivity index (χ2v) is 6.84. The third-order valence-electron chi connectivity index (χ3n) is 4.32. The van der Waals surface area contributed by atoms with Gasteiger partial charge in [-0.2, -0.15) is 0 Å². The zero-order valence-corrected chi connectivity index (χ0v) is 14.9. The van der Waals surface area contributed by atoms with Gasteiger partial charge in [-0.1, -0.05) is 0 Å². The normalized spacial score (nSPS) is 17.8. The maximum absolute atomic E-state index is 12.3. The second kappa shape index (κ2) is 7.77. The third-order valence-corrected chi connectivity index (χ3v) is 5.21. The fourth-order valence-electron chi connectivity index (χ4n) is 2.91. The van der Waals surface area contributed by atoms with Gasteiger partial charge in [-0.05, 0) is 57.6 Å². The van der Waals surface area contributed by atoms with Crippen molar-refractivity contribution in [3.63, 3.8) is 0 Å². The molecule has 3 rings (SSSR count). The van der Waals surface area contributed by atoms with Crippen LogP contribution in [0.5, 0.6) is 5.75 Å². The molecule has 1 unspecified atom stereocenters. The number of hydrogen-bond acceptors (Lipinski definition) is 5. The quantitative estimate of drug-likeness (QED) is 0.874. The molecule has 2 heterocycles. The zero-order chi connectivity index (χ0) is 16.9. The lowest BCUT2D eigenvalue weighted by Gasteiger charge is -2.19. The third kappa shape index (κ3) is 3.94. The van der Waals surface area contributed by atoms with Crippen LogP contribution in [0.4, 0.5) is 0 Å². The smallest absolute Gasteiger partial charge is 0.270 e. The van der Waals surface area contributed by atoms with Crippen molar-refractivity contribution in [1.29, 1.82) is 0 Å². The highest BCUT2D eigenvalue weighted by atomic mass is 32.1. The number of ether oxygens (including phenoxy) is 1. The number of nitrogens with zero attached hydrogens (tertiary/aromatic N) is 2. The first-order valence-corrected chi connectivity index (χ1v) is 9.22. The van der Waals surface area contributed by atoms with Gasteiger partial charge in [0.1, 0.15) is 16.5 Å². The van der Waals surface area contributed by atoms with E-state index < -0.39 is 0 Å². The summed E-state index contributed by atoms with van der Waals surface area (Å²) in [5, 5.41) is 5.67. The standard InChI is InChI=1S/C18H23N3O2S/c1-3-23-15-8-6-13(7-9-15)18-20-16(12-24-18)17(22)19-11-14-5-4-10-21(14)2/h6-9,12,14H,3-5,10-11H2,1-2H3,(H,19,22). The highest BCUT2D eigenvalue weighted by Gasteiger charge is 2.22. The molecule has 128 valence electrons. The molecule has 2 aromatic rings. The molecule has 1 N–H and O–H groups in total. The number of carbonyl (C=O) groups is 1. The van der Waals surface area contributed by atoms with Crippen LogP contribution in [0, 0.1) is 0 Å². The SMILES string of the molecule is CCOc1ccc(-c2nc(C(=O)NCC3CCCN3C)cs2)cc1. The van der Waals surface area contributed by atoms with Crippen LogP contribution in [-0.2, 0) is 0 Å². The van der Waals surface area contributed by atoms with E-state index in [4.69, 9.17) is 4.74 Å². The Labute approximate surface area is 146 Å². The topological polar surface area (TPSA) is 54.5 Å². The Balaban J connectivity index is 1.60. The molecule has 0 spiro atoms. The first-order valence-electron chi connectivity index (χ1n) is 8.34. The molecule has 1 aromatic heterocycles. The lowest BCUT2D eigenvalue weighted by Crippen LogP contribution is -2.38. The van der Waals surface area contributed by atoms with Crippen molar-refractivity contribution in [2.45, 2.75) is 25.8 Å². The number of amides is 1. The van der Waals surface area contributed by atoms with Crippen molar-refractivity contribution >= 4 is 17.2 Å². The molecule has 1 atom stereocenters. The molecule has 0 radical (unpaired) electrons. The number of nitrogens with one attached hydrogen (secondary N) is 1. The monoisotopic (exact) mass is 345 g/mol. The first-order chi connectivity index (χ1) is 11.7. The van der Waals surface area contributed by atoms with Crippen LogP contribution >= 0.6 is 11.3 Å². The number of hydrogen-bond donors (Lipinski definition) is 1. The number of likely N-dealkylation sites (tertiary alicyclic amines) is 1. The minimum atomic E-state index is -0.0938. The molecule has 1 amide bonds. The molecule has 5 nitrogen and oxygen atoms in total. The van der Waals surface area contributed by atoms with Crippen LogP contribution in [0.3, 0.4) is 0 Å². The van der Waals surface area contributed by atoms with Crippen LogP contribution in [0.25, 0.3) is 10.6 Å². The zero-order valence-electron chi connectivity index (χ0n) is 14.1. The van der Waals surface area contributed by atoms with Gasteiger partial charge >= 0.3 is 0 Å². The lowest BCUT2D eigenvalue weighted by atomic mass is 10.2. The summed E-state index contributed by atoms with van der Waals surface area (Å²) >= 11 is 1.49. The van der Waals surface area contributed by atoms with Gasteiger partial charge in [0.05, 0.1) is 6.61 Å². The largest absolute Gasteiger partial charge is 0.494 e. The summed E-state index contributed by atoms with van der Waals surface area (Å²) in [7, 11) is 2.11. The number of likely N-dealkylation sites (N-methyl/N-ethyl adjacent to an activating group) is 1. The summed E-state index contributed by atoms with van der Waals surface area (Å²) in [6.45, 7) is 4.41. The Morgan fingerprint density at radius 3 is 2.88 bits per heavy atom. The maximum Gasteiger partial charge on any atom is 0.270 e. The summed E-state index contributed by atoms with van der Waals surface area (Å²) < 4.78 is 5.44. The van der Waals surface area contributed by atoms with E-state index in [1.807, 2.05) is 36.6 Å². The average Bonchev–Trinajstić information content (AvgIpc) is 3.23. The van der Waals surface area contributed by atoms with E-state index in [-0.39, 0.29) is 5.91 Å². The molecule has 0 bridgehead atoms. The Morgan fingerprint density at radius 1 is 1.42 bits per heavy atom.